The van der Waals surface area contributed by atoms with Crippen LogP contribution in [0.25, 0.3) is 0 Å². The summed E-state index contributed by atoms with van der Waals surface area (Å²) in [6.07, 6.45) is 0.851. The van der Waals surface area contributed by atoms with Crippen LogP contribution in [-0.4, -0.2) is 10.9 Å². The molecule has 0 fully saturated rings. The van der Waals surface area contributed by atoms with Gasteiger partial charge in [0.2, 0.25) is 0 Å². The molecular weight excluding hydrogens is 114 g/mol. The van der Waals surface area contributed by atoms with Crippen LogP contribution in [0.5, 0.6) is 0 Å². The third kappa shape index (κ3) is 5.34. The lowest BCUT2D eigenvalue weighted by molar-refractivity contribution is 0.312. The minimum atomic E-state index is 0.232. The summed E-state index contributed by atoms with van der Waals surface area (Å²) in [7, 11) is 0. The van der Waals surface area contributed by atoms with Gasteiger partial charge in [0.15, 0.2) is 0 Å². The molecule has 0 aromatic carbocycles. The van der Waals surface area contributed by atoms with Crippen molar-refractivity contribution < 1.29 is 5.21 Å². The van der Waals surface area contributed by atoms with Crippen LogP contribution in [0.1, 0.15) is 34.1 Å². The van der Waals surface area contributed by atoms with Crippen LogP contribution in [-0.2, 0) is 0 Å². The number of rotatable bonds is 1. The second kappa shape index (κ2) is 2.85. The van der Waals surface area contributed by atoms with Gasteiger partial charge in [0, 0.05) is 0 Å². The van der Waals surface area contributed by atoms with Crippen LogP contribution in [0.2, 0.25) is 0 Å². The molecule has 0 atom stereocenters. The third-order valence-electron chi connectivity index (χ3n) is 0.957. The Kier molecular flexibility index (Phi) is 2.68. The van der Waals surface area contributed by atoms with E-state index in [0.717, 1.165) is 12.1 Å². The van der Waals surface area contributed by atoms with E-state index in [2.05, 4.69) is 25.9 Å². The first-order chi connectivity index (χ1) is 3.95. The van der Waals surface area contributed by atoms with E-state index in [4.69, 9.17) is 5.21 Å². The smallest absolute Gasteiger partial charge is 0.0545 e. The molecule has 0 amide bonds. The Morgan fingerprint density at radius 2 is 1.89 bits per heavy atom. The van der Waals surface area contributed by atoms with E-state index < -0.39 is 0 Å². The zero-order valence-electron chi connectivity index (χ0n) is 6.60. The number of hydrogen-bond acceptors (Lipinski definition) is 2. The highest BCUT2D eigenvalue weighted by atomic mass is 16.4. The zero-order chi connectivity index (χ0) is 7.49. The number of oxime groups is 1. The summed E-state index contributed by atoms with van der Waals surface area (Å²) in [6.45, 7) is 8.16. The maximum absolute atomic E-state index is 8.29. The lowest BCUT2D eigenvalue weighted by Crippen LogP contribution is -2.10. The summed E-state index contributed by atoms with van der Waals surface area (Å²) in [5.74, 6) is 0. The summed E-state index contributed by atoms with van der Waals surface area (Å²) in [5.41, 5.74) is 1.03. The van der Waals surface area contributed by atoms with Crippen molar-refractivity contribution >= 4 is 5.71 Å². The van der Waals surface area contributed by atoms with E-state index in [1.54, 1.807) is 0 Å². The maximum atomic E-state index is 8.29. The molecule has 0 aromatic heterocycles. The normalized spacial score (nSPS) is 14.0. The monoisotopic (exact) mass is 129 g/mol. The first-order valence-corrected chi connectivity index (χ1v) is 3.13. The molecule has 0 spiro atoms. The van der Waals surface area contributed by atoms with Crippen LogP contribution in [0.3, 0.4) is 0 Å². The van der Waals surface area contributed by atoms with Crippen LogP contribution in [0.4, 0.5) is 0 Å². The lowest BCUT2D eigenvalue weighted by Gasteiger charge is -2.16. The quantitative estimate of drug-likeness (QED) is 0.329. The molecule has 0 saturated carbocycles. The Morgan fingerprint density at radius 1 is 1.44 bits per heavy atom. The molecule has 1 N–H and O–H groups in total. The lowest BCUT2D eigenvalue weighted by atomic mass is 9.90. The Balaban J connectivity index is 3.75. The van der Waals surface area contributed by atoms with E-state index >= 15 is 0 Å². The molecule has 2 nitrogen and oxygen atoms in total. The van der Waals surface area contributed by atoms with E-state index in [0.29, 0.717) is 0 Å². The van der Waals surface area contributed by atoms with Crippen molar-refractivity contribution in [3.8, 4) is 0 Å². The molecule has 2 heteroatoms. The Hall–Kier alpha value is -0.530. The second-order valence-corrected chi connectivity index (χ2v) is 3.57. The molecule has 0 radical (unpaired) electrons. The van der Waals surface area contributed by atoms with Gasteiger partial charge in [0.1, 0.15) is 0 Å². The van der Waals surface area contributed by atoms with Gasteiger partial charge in [-0.2, -0.15) is 0 Å². The number of nitrogens with zero attached hydrogens (tertiary/aromatic N) is 1. The first-order valence-electron chi connectivity index (χ1n) is 3.13. The largest absolute Gasteiger partial charge is 0.411 e. The molecule has 0 unspecified atom stereocenters. The highest BCUT2D eigenvalue weighted by molar-refractivity contribution is 5.81. The van der Waals surface area contributed by atoms with Gasteiger partial charge < -0.3 is 5.21 Å². The molecule has 9 heavy (non-hydrogen) atoms. The van der Waals surface area contributed by atoms with Gasteiger partial charge in [0.25, 0.3) is 0 Å². The van der Waals surface area contributed by atoms with E-state index in [1.165, 1.54) is 0 Å². The summed E-state index contributed by atoms with van der Waals surface area (Å²) in [4.78, 5) is 0. The van der Waals surface area contributed by atoms with E-state index in [-0.39, 0.29) is 5.41 Å². The molecule has 54 valence electrons. The fraction of sp³-hybridized carbons (Fsp3) is 0.857. The van der Waals surface area contributed by atoms with Gasteiger partial charge in [-0.15, -0.1) is 0 Å². The second-order valence-electron chi connectivity index (χ2n) is 3.57. The van der Waals surface area contributed by atoms with Gasteiger partial charge in [-0.05, 0) is 18.8 Å². The van der Waals surface area contributed by atoms with E-state index in [1.807, 2.05) is 6.92 Å². The van der Waals surface area contributed by atoms with Crippen molar-refractivity contribution in [1.82, 2.24) is 0 Å². The molecule has 0 aliphatic rings. The van der Waals surface area contributed by atoms with Gasteiger partial charge in [0.05, 0.1) is 5.71 Å². The predicted octanol–water partition coefficient (Wildman–Crippen LogP) is 2.27. The van der Waals surface area contributed by atoms with Crippen LogP contribution >= 0.6 is 0 Å². The summed E-state index contributed by atoms with van der Waals surface area (Å²) >= 11 is 0. The Labute approximate surface area is 56.6 Å². The summed E-state index contributed by atoms with van der Waals surface area (Å²) < 4.78 is 0. The standard InChI is InChI=1S/C7H15NO/c1-6(8-9)5-7(2,3)4/h9H,5H2,1-4H3. The fourth-order valence-electron chi connectivity index (χ4n) is 0.803. The average molecular weight is 129 g/mol. The molecule has 0 heterocycles. The third-order valence-corrected chi connectivity index (χ3v) is 0.957. The Bertz CT molecular complexity index is 111. The van der Waals surface area contributed by atoms with Crippen molar-refractivity contribution in [3.63, 3.8) is 0 Å². The minimum absolute atomic E-state index is 0.232. The van der Waals surface area contributed by atoms with Crippen molar-refractivity contribution in [2.24, 2.45) is 10.6 Å². The molecule has 0 bridgehead atoms. The van der Waals surface area contributed by atoms with Crippen molar-refractivity contribution in [1.29, 1.82) is 0 Å². The van der Waals surface area contributed by atoms with Gasteiger partial charge in [-0.3, -0.25) is 0 Å². The average Bonchev–Trinajstić information content (AvgIpc) is 1.62. The van der Waals surface area contributed by atoms with E-state index in [9.17, 15) is 0 Å². The van der Waals surface area contributed by atoms with Crippen LogP contribution < -0.4 is 0 Å². The molecule has 0 saturated heterocycles. The maximum Gasteiger partial charge on any atom is 0.0545 e. The predicted molar refractivity (Wildman–Crippen MR) is 39.0 cm³/mol. The molecule has 0 rings (SSSR count). The highest BCUT2D eigenvalue weighted by Crippen LogP contribution is 2.18. The van der Waals surface area contributed by atoms with Gasteiger partial charge >= 0.3 is 0 Å². The van der Waals surface area contributed by atoms with Crippen LogP contribution in [0.15, 0.2) is 5.16 Å². The minimum Gasteiger partial charge on any atom is -0.411 e. The first kappa shape index (κ1) is 8.47. The fourth-order valence-corrected chi connectivity index (χ4v) is 0.803. The summed E-state index contributed by atoms with van der Waals surface area (Å²) in [5, 5.41) is 11.4. The molecular formula is C7H15NO. The van der Waals surface area contributed by atoms with Crippen molar-refractivity contribution in [2.75, 3.05) is 0 Å². The highest BCUT2D eigenvalue weighted by Gasteiger charge is 2.11. The van der Waals surface area contributed by atoms with Crippen molar-refractivity contribution in [3.05, 3.63) is 0 Å². The number of hydrogen-bond donors (Lipinski definition) is 1. The van der Waals surface area contributed by atoms with Gasteiger partial charge in [-0.25, -0.2) is 0 Å². The topological polar surface area (TPSA) is 32.6 Å². The molecule has 0 aliphatic carbocycles. The SMILES string of the molecule is CC(CC(C)(C)C)=NO. The molecule has 0 aliphatic heterocycles. The zero-order valence-corrected chi connectivity index (χ0v) is 6.60. The summed E-state index contributed by atoms with van der Waals surface area (Å²) in [6, 6.07) is 0. The van der Waals surface area contributed by atoms with Gasteiger partial charge in [-0.1, -0.05) is 25.9 Å². The molecule has 0 aromatic rings. The van der Waals surface area contributed by atoms with Crippen molar-refractivity contribution in [2.45, 2.75) is 34.1 Å². The van der Waals surface area contributed by atoms with Crippen LogP contribution in [0, 0.1) is 5.41 Å². The Morgan fingerprint density at radius 3 is 2.00 bits per heavy atom.